The van der Waals surface area contributed by atoms with E-state index in [-0.39, 0.29) is 6.04 Å². The Balaban J connectivity index is 2.29. The zero-order valence-corrected chi connectivity index (χ0v) is 10.3. The second-order valence-corrected chi connectivity index (χ2v) is 4.45. The lowest BCUT2D eigenvalue weighted by Crippen LogP contribution is -2.23. The molecule has 0 saturated heterocycles. The monoisotopic (exact) mass is 233 g/mol. The van der Waals surface area contributed by atoms with Gasteiger partial charge in [-0.25, -0.2) is 9.97 Å². The Bertz CT molecular complexity index is 422. The van der Waals surface area contributed by atoms with Gasteiger partial charge >= 0.3 is 0 Å². The lowest BCUT2D eigenvalue weighted by molar-refractivity contribution is 0.598. The minimum Gasteiger partial charge on any atom is -0.304 e. The quantitative estimate of drug-likeness (QED) is 0.882. The molecule has 2 rings (SSSR count). The zero-order valence-electron chi connectivity index (χ0n) is 9.47. The van der Waals surface area contributed by atoms with Crippen molar-refractivity contribution in [2.45, 2.75) is 19.9 Å². The van der Waals surface area contributed by atoms with Gasteiger partial charge in [-0.3, -0.25) is 0 Å². The van der Waals surface area contributed by atoms with Crippen molar-refractivity contribution in [1.82, 2.24) is 15.3 Å². The van der Waals surface area contributed by atoms with Crippen LogP contribution in [0.25, 0.3) is 0 Å². The Morgan fingerprint density at radius 3 is 2.69 bits per heavy atom. The summed E-state index contributed by atoms with van der Waals surface area (Å²) >= 11 is 1.70. The van der Waals surface area contributed by atoms with E-state index in [1.54, 1.807) is 11.3 Å². The molecule has 4 heteroatoms. The van der Waals surface area contributed by atoms with Crippen LogP contribution in [0.4, 0.5) is 0 Å². The third-order valence-electron chi connectivity index (χ3n) is 2.34. The number of rotatable bonds is 4. The summed E-state index contributed by atoms with van der Waals surface area (Å²) in [5, 5.41) is 7.62. The fourth-order valence-electron chi connectivity index (χ4n) is 1.55. The highest BCUT2D eigenvalue weighted by molar-refractivity contribution is 7.08. The number of aromatic nitrogens is 2. The third kappa shape index (κ3) is 2.46. The van der Waals surface area contributed by atoms with Gasteiger partial charge in [0.25, 0.3) is 0 Å². The van der Waals surface area contributed by atoms with E-state index in [2.05, 4.69) is 39.0 Å². The minimum atomic E-state index is 0.108. The number of nitrogens with zero attached hydrogens (tertiary/aromatic N) is 2. The van der Waals surface area contributed by atoms with Crippen LogP contribution < -0.4 is 5.32 Å². The van der Waals surface area contributed by atoms with Crippen molar-refractivity contribution < 1.29 is 0 Å². The van der Waals surface area contributed by atoms with E-state index >= 15 is 0 Å². The summed E-state index contributed by atoms with van der Waals surface area (Å²) in [4.78, 5) is 8.77. The van der Waals surface area contributed by atoms with Gasteiger partial charge in [0.15, 0.2) is 0 Å². The molecule has 0 aromatic carbocycles. The highest BCUT2D eigenvalue weighted by Crippen LogP contribution is 2.20. The molecule has 0 fully saturated rings. The second kappa shape index (κ2) is 5.18. The maximum atomic E-state index is 4.38. The normalized spacial score (nSPS) is 12.6. The Morgan fingerprint density at radius 2 is 2.12 bits per heavy atom. The summed E-state index contributed by atoms with van der Waals surface area (Å²) in [6.45, 7) is 4.99. The molecule has 0 aliphatic rings. The largest absolute Gasteiger partial charge is 0.304 e. The topological polar surface area (TPSA) is 37.8 Å². The predicted molar refractivity (Wildman–Crippen MR) is 66.6 cm³/mol. The van der Waals surface area contributed by atoms with E-state index in [0.717, 1.165) is 17.9 Å². The van der Waals surface area contributed by atoms with Crippen LogP contribution in [0.2, 0.25) is 0 Å². The first-order valence-corrected chi connectivity index (χ1v) is 6.29. The van der Waals surface area contributed by atoms with E-state index in [1.807, 2.05) is 19.3 Å². The Hall–Kier alpha value is -1.26. The summed E-state index contributed by atoms with van der Waals surface area (Å²) in [5.74, 6) is 0.839. The molecule has 0 saturated carbocycles. The fourth-order valence-corrected chi connectivity index (χ4v) is 2.24. The number of thiophene rings is 1. The van der Waals surface area contributed by atoms with Gasteiger partial charge in [-0.2, -0.15) is 11.3 Å². The molecule has 2 heterocycles. The molecule has 0 aliphatic carbocycles. The Kier molecular flexibility index (Phi) is 3.64. The van der Waals surface area contributed by atoms with Crippen LogP contribution in [0, 0.1) is 6.92 Å². The van der Waals surface area contributed by atoms with Crippen molar-refractivity contribution in [3.05, 3.63) is 46.2 Å². The molecule has 2 aromatic rings. The van der Waals surface area contributed by atoms with Gasteiger partial charge in [0.1, 0.15) is 5.82 Å². The molecule has 16 heavy (non-hydrogen) atoms. The second-order valence-electron chi connectivity index (χ2n) is 3.67. The number of aryl methyl sites for hydroxylation is 1. The molecule has 0 aliphatic heterocycles. The molecule has 0 amide bonds. The predicted octanol–water partition coefficient (Wildman–Crippen LogP) is 2.55. The molecule has 0 bridgehead atoms. The van der Waals surface area contributed by atoms with Crippen molar-refractivity contribution in [1.29, 1.82) is 0 Å². The van der Waals surface area contributed by atoms with Crippen molar-refractivity contribution in [3.8, 4) is 0 Å². The number of hydrogen-bond acceptors (Lipinski definition) is 4. The van der Waals surface area contributed by atoms with E-state index < -0.39 is 0 Å². The highest BCUT2D eigenvalue weighted by atomic mass is 32.1. The van der Waals surface area contributed by atoms with Crippen LogP contribution in [0.1, 0.15) is 29.9 Å². The fraction of sp³-hybridized carbons (Fsp3) is 0.333. The summed E-state index contributed by atoms with van der Waals surface area (Å²) in [6.07, 6.45) is 3.72. The Labute approximate surface area is 99.6 Å². The highest BCUT2D eigenvalue weighted by Gasteiger charge is 2.15. The van der Waals surface area contributed by atoms with Gasteiger partial charge in [0, 0.05) is 12.4 Å². The number of nitrogens with one attached hydrogen (secondary N) is 1. The first-order chi connectivity index (χ1) is 7.81. The van der Waals surface area contributed by atoms with Gasteiger partial charge in [0.2, 0.25) is 0 Å². The van der Waals surface area contributed by atoms with E-state index in [9.17, 15) is 0 Å². The molecule has 1 atom stereocenters. The van der Waals surface area contributed by atoms with Crippen LogP contribution in [-0.2, 0) is 0 Å². The maximum Gasteiger partial charge on any atom is 0.149 e. The standard InChI is InChI=1S/C12H15N3S/c1-3-13-11(10-4-5-16-8-10)12-14-6-9(2)7-15-12/h4-8,11,13H,3H2,1-2H3. The molecule has 3 nitrogen and oxygen atoms in total. The third-order valence-corrected chi connectivity index (χ3v) is 3.05. The first kappa shape index (κ1) is 11.2. The molecular formula is C12H15N3S. The molecule has 1 unspecified atom stereocenters. The van der Waals surface area contributed by atoms with Crippen LogP contribution in [0.3, 0.4) is 0 Å². The van der Waals surface area contributed by atoms with E-state index in [1.165, 1.54) is 5.56 Å². The molecule has 1 N–H and O–H groups in total. The molecule has 84 valence electrons. The SMILES string of the molecule is CCNC(c1ccsc1)c1ncc(C)cn1. The van der Waals surface area contributed by atoms with Crippen LogP contribution in [0.5, 0.6) is 0 Å². The van der Waals surface area contributed by atoms with Gasteiger partial charge < -0.3 is 5.32 Å². The average Bonchev–Trinajstić information content (AvgIpc) is 2.81. The summed E-state index contributed by atoms with van der Waals surface area (Å²) in [5.41, 5.74) is 2.32. The minimum absolute atomic E-state index is 0.108. The van der Waals surface area contributed by atoms with Crippen LogP contribution in [0.15, 0.2) is 29.2 Å². The zero-order chi connectivity index (χ0) is 11.4. The summed E-state index contributed by atoms with van der Waals surface area (Å²) < 4.78 is 0. The molecular weight excluding hydrogens is 218 g/mol. The van der Waals surface area contributed by atoms with Crippen molar-refractivity contribution in [2.24, 2.45) is 0 Å². The maximum absolute atomic E-state index is 4.38. The van der Waals surface area contributed by atoms with Crippen molar-refractivity contribution in [2.75, 3.05) is 6.54 Å². The van der Waals surface area contributed by atoms with Crippen molar-refractivity contribution in [3.63, 3.8) is 0 Å². The molecule has 0 spiro atoms. The average molecular weight is 233 g/mol. The summed E-state index contributed by atoms with van der Waals surface area (Å²) in [7, 11) is 0. The van der Waals surface area contributed by atoms with Gasteiger partial charge in [0.05, 0.1) is 6.04 Å². The smallest absolute Gasteiger partial charge is 0.149 e. The van der Waals surface area contributed by atoms with Crippen molar-refractivity contribution >= 4 is 11.3 Å². The lowest BCUT2D eigenvalue weighted by Gasteiger charge is -2.15. The van der Waals surface area contributed by atoms with Gasteiger partial charge in [-0.1, -0.05) is 6.92 Å². The molecule has 0 radical (unpaired) electrons. The Morgan fingerprint density at radius 1 is 1.38 bits per heavy atom. The first-order valence-electron chi connectivity index (χ1n) is 5.35. The van der Waals surface area contributed by atoms with E-state index in [4.69, 9.17) is 0 Å². The van der Waals surface area contributed by atoms with E-state index in [0.29, 0.717) is 0 Å². The lowest BCUT2D eigenvalue weighted by atomic mass is 10.1. The van der Waals surface area contributed by atoms with Crippen LogP contribution >= 0.6 is 11.3 Å². The number of hydrogen-bond donors (Lipinski definition) is 1. The van der Waals surface area contributed by atoms with Gasteiger partial charge in [-0.15, -0.1) is 0 Å². The van der Waals surface area contributed by atoms with Crippen LogP contribution in [-0.4, -0.2) is 16.5 Å². The molecule has 2 aromatic heterocycles. The summed E-state index contributed by atoms with van der Waals surface area (Å²) in [6, 6.07) is 2.22. The van der Waals surface area contributed by atoms with Gasteiger partial charge in [-0.05, 0) is 41.4 Å².